The Hall–Kier alpha value is -2.71. The summed E-state index contributed by atoms with van der Waals surface area (Å²) >= 11 is 0. The summed E-state index contributed by atoms with van der Waals surface area (Å²) in [5.74, 6) is 1.38. The maximum atomic E-state index is 13.6. The molecule has 0 fully saturated rings. The van der Waals surface area contributed by atoms with Crippen LogP contribution in [0.25, 0.3) is 0 Å². The number of hydrogen-bond donors (Lipinski definition) is 0. The van der Waals surface area contributed by atoms with Crippen molar-refractivity contribution in [3.8, 4) is 17.2 Å². The molecule has 5 heteroatoms. The van der Waals surface area contributed by atoms with Gasteiger partial charge in [0.05, 0.1) is 0 Å². The van der Waals surface area contributed by atoms with Gasteiger partial charge >= 0.3 is 7.82 Å². The number of unbranched alkanes of at least 4 members (excludes halogenated alkanes) is 1. The fourth-order valence-electron chi connectivity index (χ4n) is 3.10. The van der Waals surface area contributed by atoms with Gasteiger partial charge < -0.3 is 13.6 Å². The Bertz CT molecular complexity index is 896. The lowest BCUT2D eigenvalue weighted by Gasteiger charge is -2.21. The standard InChI is InChI=1S/C24H27O4P/c1-3-5-13-20-14-12-19-24(23(20)4-2)28-29(25,26-21-15-8-6-9-16-21)27-22-17-10-7-11-18-22/h6-12,14-19H,3-5,13H2,1-2H3. The van der Waals surface area contributed by atoms with E-state index in [1.165, 1.54) is 5.56 Å². The van der Waals surface area contributed by atoms with Crippen LogP contribution < -0.4 is 13.6 Å². The van der Waals surface area contributed by atoms with Gasteiger partial charge in [-0.2, -0.15) is 4.57 Å². The van der Waals surface area contributed by atoms with Crippen LogP contribution in [0.3, 0.4) is 0 Å². The molecule has 0 aliphatic rings. The van der Waals surface area contributed by atoms with Gasteiger partial charge in [0.15, 0.2) is 0 Å². The van der Waals surface area contributed by atoms with E-state index in [9.17, 15) is 4.57 Å². The summed E-state index contributed by atoms with van der Waals surface area (Å²) in [5, 5.41) is 0. The largest absolute Gasteiger partial charge is 0.647 e. The molecule has 0 unspecified atom stereocenters. The topological polar surface area (TPSA) is 44.8 Å². The summed E-state index contributed by atoms with van der Waals surface area (Å²) in [7, 11) is -3.97. The second-order valence-electron chi connectivity index (χ2n) is 6.70. The molecule has 0 amide bonds. The van der Waals surface area contributed by atoms with Crippen molar-refractivity contribution in [3.63, 3.8) is 0 Å². The SMILES string of the molecule is CCCCc1cccc(OP(=O)(Oc2ccccc2)Oc2ccccc2)c1CC. The van der Waals surface area contributed by atoms with Gasteiger partial charge in [-0.3, -0.25) is 0 Å². The second-order valence-corrected chi connectivity index (χ2v) is 8.14. The third kappa shape index (κ3) is 5.88. The van der Waals surface area contributed by atoms with Gasteiger partial charge in [0.25, 0.3) is 0 Å². The average molecular weight is 410 g/mol. The zero-order chi connectivity index (χ0) is 20.5. The molecule has 0 aliphatic carbocycles. The molecule has 4 nitrogen and oxygen atoms in total. The minimum atomic E-state index is -3.97. The molecule has 0 atom stereocenters. The van der Waals surface area contributed by atoms with Gasteiger partial charge in [-0.25, -0.2) is 0 Å². The van der Waals surface area contributed by atoms with E-state index in [2.05, 4.69) is 19.9 Å². The van der Waals surface area contributed by atoms with Crippen molar-refractivity contribution >= 4 is 7.82 Å². The summed E-state index contributed by atoms with van der Waals surface area (Å²) < 4.78 is 31.1. The zero-order valence-corrected chi connectivity index (χ0v) is 17.8. The summed E-state index contributed by atoms with van der Waals surface area (Å²) in [6.45, 7) is 4.24. The lowest BCUT2D eigenvalue weighted by Crippen LogP contribution is -2.09. The Balaban J connectivity index is 1.93. The molecule has 0 bridgehead atoms. The first-order valence-electron chi connectivity index (χ1n) is 10.0. The number of hydrogen-bond acceptors (Lipinski definition) is 4. The van der Waals surface area contributed by atoms with E-state index in [0.717, 1.165) is 31.2 Å². The maximum absolute atomic E-state index is 13.6. The first-order valence-corrected chi connectivity index (χ1v) is 11.5. The van der Waals surface area contributed by atoms with Gasteiger partial charge in [-0.1, -0.05) is 68.8 Å². The highest BCUT2D eigenvalue weighted by Crippen LogP contribution is 2.50. The Morgan fingerprint density at radius 3 is 1.83 bits per heavy atom. The first kappa shape index (κ1) is 21.0. The molecule has 0 spiro atoms. The number of para-hydroxylation sites is 2. The molecule has 3 aromatic rings. The van der Waals surface area contributed by atoms with Crippen molar-refractivity contribution in [2.45, 2.75) is 39.5 Å². The van der Waals surface area contributed by atoms with Crippen LogP contribution in [-0.4, -0.2) is 0 Å². The van der Waals surface area contributed by atoms with Gasteiger partial charge in [-0.05, 0) is 60.7 Å². The van der Waals surface area contributed by atoms with E-state index < -0.39 is 7.82 Å². The van der Waals surface area contributed by atoms with Crippen molar-refractivity contribution in [2.24, 2.45) is 0 Å². The van der Waals surface area contributed by atoms with Gasteiger partial charge in [0.1, 0.15) is 17.2 Å². The smallest absolute Gasteiger partial charge is 0.386 e. The number of phosphoric acid groups is 1. The fraction of sp³-hybridized carbons (Fsp3) is 0.250. The predicted molar refractivity (Wildman–Crippen MR) is 117 cm³/mol. The average Bonchev–Trinajstić information content (AvgIpc) is 2.73. The van der Waals surface area contributed by atoms with Crippen LogP contribution in [0, 0.1) is 0 Å². The molecule has 29 heavy (non-hydrogen) atoms. The first-order chi connectivity index (χ1) is 14.1. The normalized spacial score (nSPS) is 11.1. The number of phosphoric ester groups is 1. The molecule has 3 rings (SSSR count). The van der Waals surface area contributed by atoms with Crippen molar-refractivity contribution in [1.29, 1.82) is 0 Å². The molecule has 3 aromatic carbocycles. The molecule has 152 valence electrons. The summed E-state index contributed by atoms with van der Waals surface area (Å²) in [6, 6.07) is 23.7. The third-order valence-electron chi connectivity index (χ3n) is 4.51. The molecular formula is C24H27O4P. The van der Waals surface area contributed by atoms with Gasteiger partial charge in [0.2, 0.25) is 0 Å². The quantitative estimate of drug-likeness (QED) is 0.331. The minimum Gasteiger partial charge on any atom is -0.386 e. The summed E-state index contributed by atoms with van der Waals surface area (Å²) in [5.41, 5.74) is 2.24. The fourth-order valence-corrected chi connectivity index (χ4v) is 4.38. The summed E-state index contributed by atoms with van der Waals surface area (Å²) in [4.78, 5) is 0. The Morgan fingerprint density at radius 2 is 1.31 bits per heavy atom. The molecule has 0 N–H and O–H groups in total. The number of benzene rings is 3. The second kappa shape index (κ2) is 10.2. The third-order valence-corrected chi connectivity index (χ3v) is 5.80. The van der Waals surface area contributed by atoms with Crippen LogP contribution in [-0.2, 0) is 17.4 Å². The van der Waals surface area contributed by atoms with Crippen LogP contribution >= 0.6 is 7.82 Å². The van der Waals surface area contributed by atoms with Crippen molar-refractivity contribution < 1.29 is 18.1 Å². The van der Waals surface area contributed by atoms with E-state index >= 15 is 0 Å². The van der Waals surface area contributed by atoms with E-state index in [1.807, 2.05) is 48.5 Å². The molecule has 0 saturated carbocycles. The Kier molecular flexibility index (Phi) is 7.37. The van der Waals surface area contributed by atoms with Crippen molar-refractivity contribution in [1.82, 2.24) is 0 Å². The number of rotatable bonds is 10. The number of aryl methyl sites for hydroxylation is 1. The highest BCUT2D eigenvalue weighted by atomic mass is 31.2. The van der Waals surface area contributed by atoms with Crippen LogP contribution in [0.2, 0.25) is 0 Å². The van der Waals surface area contributed by atoms with Crippen LogP contribution in [0.5, 0.6) is 17.2 Å². The van der Waals surface area contributed by atoms with Gasteiger partial charge in [-0.15, -0.1) is 0 Å². The van der Waals surface area contributed by atoms with E-state index in [-0.39, 0.29) is 0 Å². The van der Waals surface area contributed by atoms with Crippen molar-refractivity contribution in [3.05, 3.63) is 90.0 Å². The molecule has 0 aromatic heterocycles. The summed E-state index contributed by atoms with van der Waals surface area (Å²) in [6.07, 6.45) is 3.93. The highest BCUT2D eigenvalue weighted by molar-refractivity contribution is 7.49. The molecular weight excluding hydrogens is 383 g/mol. The van der Waals surface area contributed by atoms with E-state index in [1.54, 1.807) is 24.3 Å². The minimum absolute atomic E-state index is 0.423. The lowest BCUT2D eigenvalue weighted by atomic mass is 9.99. The molecule has 0 radical (unpaired) electrons. The monoisotopic (exact) mass is 410 g/mol. The molecule has 0 heterocycles. The van der Waals surface area contributed by atoms with Crippen LogP contribution in [0.4, 0.5) is 0 Å². The molecule has 0 saturated heterocycles. The van der Waals surface area contributed by atoms with Gasteiger partial charge in [0, 0.05) is 0 Å². The Labute approximate surface area is 173 Å². The van der Waals surface area contributed by atoms with E-state index in [0.29, 0.717) is 17.2 Å². The molecule has 0 aliphatic heterocycles. The Morgan fingerprint density at radius 1 is 0.724 bits per heavy atom. The van der Waals surface area contributed by atoms with Crippen LogP contribution in [0.15, 0.2) is 78.9 Å². The zero-order valence-electron chi connectivity index (χ0n) is 16.9. The van der Waals surface area contributed by atoms with E-state index in [4.69, 9.17) is 13.6 Å². The predicted octanol–water partition coefficient (Wildman–Crippen LogP) is 7.24. The maximum Gasteiger partial charge on any atom is 0.647 e. The van der Waals surface area contributed by atoms with Crippen molar-refractivity contribution in [2.75, 3.05) is 0 Å². The lowest BCUT2D eigenvalue weighted by molar-refractivity contribution is 0.297. The highest BCUT2D eigenvalue weighted by Gasteiger charge is 2.34. The van der Waals surface area contributed by atoms with Crippen LogP contribution in [0.1, 0.15) is 37.8 Å².